The van der Waals surface area contributed by atoms with Crippen LogP contribution in [0.2, 0.25) is 0 Å². The fourth-order valence-electron chi connectivity index (χ4n) is 1.48. The first-order valence-corrected chi connectivity index (χ1v) is 5.68. The Hall–Kier alpha value is -1.22. The molecule has 1 aromatic carbocycles. The summed E-state index contributed by atoms with van der Waals surface area (Å²) in [6.07, 6.45) is 2.76. The Morgan fingerprint density at radius 1 is 1.20 bits per heavy atom. The van der Waals surface area contributed by atoms with Gasteiger partial charge in [0.05, 0.1) is 5.70 Å². The smallest absolute Gasteiger partial charge is 0.130 e. The molecule has 0 radical (unpaired) electrons. The van der Waals surface area contributed by atoms with E-state index in [4.69, 9.17) is 0 Å². The lowest BCUT2D eigenvalue weighted by Gasteiger charge is -2.14. The van der Waals surface area contributed by atoms with E-state index in [1.807, 2.05) is 29.7 Å². The minimum Gasteiger partial charge on any atom is -0.327 e. The van der Waals surface area contributed by atoms with Crippen LogP contribution in [0.25, 0.3) is 0 Å². The summed E-state index contributed by atoms with van der Waals surface area (Å²) >= 11 is 1.41. The van der Waals surface area contributed by atoms with Crippen molar-refractivity contribution in [2.75, 3.05) is 6.67 Å². The van der Waals surface area contributed by atoms with Crippen LogP contribution >= 0.6 is 11.9 Å². The molecule has 0 spiro atoms. The van der Waals surface area contributed by atoms with Crippen molar-refractivity contribution < 1.29 is 4.39 Å². The van der Waals surface area contributed by atoms with E-state index in [9.17, 15) is 4.39 Å². The van der Waals surface area contributed by atoms with Gasteiger partial charge in [-0.3, -0.25) is 0 Å². The van der Waals surface area contributed by atoms with Gasteiger partial charge in [0.2, 0.25) is 0 Å². The van der Waals surface area contributed by atoms with Crippen molar-refractivity contribution in [3.8, 4) is 0 Å². The number of benzene rings is 1. The molecule has 15 heavy (non-hydrogen) atoms. The van der Waals surface area contributed by atoms with Gasteiger partial charge in [-0.25, -0.2) is 4.39 Å². The molecule has 1 heterocycles. The van der Waals surface area contributed by atoms with Crippen molar-refractivity contribution in [3.63, 3.8) is 0 Å². The maximum Gasteiger partial charge on any atom is 0.130 e. The summed E-state index contributed by atoms with van der Waals surface area (Å²) in [6.45, 7) is -0.431. The van der Waals surface area contributed by atoms with Gasteiger partial charge in [0.25, 0.3) is 0 Å². The first-order valence-electron chi connectivity index (χ1n) is 4.80. The van der Waals surface area contributed by atoms with Gasteiger partial charge in [0.15, 0.2) is 0 Å². The quantitative estimate of drug-likeness (QED) is 0.786. The monoisotopic (exact) mass is 221 g/mol. The van der Waals surface area contributed by atoms with E-state index < -0.39 is 6.67 Å². The Labute approximate surface area is 93.2 Å². The van der Waals surface area contributed by atoms with Crippen molar-refractivity contribution in [3.05, 3.63) is 58.6 Å². The van der Waals surface area contributed by atoms with Crippen molar-refractivity contribution >= 4 is 11.9 Å². The van der Waals surface area contributed by atoms with Crippen LogP contribution in [-0.2, 0) is 6.42 Å². The van der Waals surface area contributed by atoms with E-state index >= 15 is 0 Å². The third-order valence-corrected chi connectivity index (χ3v) is 2.91. The molecular weight excluding hydrogens is 209 g/mol. The Morgan fingerprint density at radius 2 is 2.00 bits per heavy atom. The molecule has 0 unspecified atom stereocenters. The Morgan fingerprint density at radius 3 is 2.73 bits per heavy atom. The Kier molecular flexibility index (Phi) is 3.45. The second kappa shape index (κ2) is 5.03. The molecule has 0 bridgehead atoms. The van der Waals surface area contributed by atoms with E-state index in [0.717, 1.165) is 12.0 Å². The lowest BCUT2D eigenvalue weighted by atomic mass is 10.0. The third-order valence-electron chi connectivity index (χ3n) is 2.28. The molecule has 3 heteroatoms. The van der Waals surface area contributed by atoms with Crippen LogP contribution in [-0.4, -0.2) is 6.67 Å². The SMILES string of the molecule is FCC1=C(Cc2ccccc2)C=CSN1. The van der Waals surface area contributed by atoms with Gasteiger partial charge in [0, 0.05) is 0 Å². The van der Waals surface area contributed by atoms with E-state index in [2.05, 4.69) is 16.9 Å². The molecule has 1 nitrogen and oxygen atoms in total. The van der Waals surface area contributed by atoms with Gasteiger partial charge in [-0.15, -0.1) is 0 Å². The minimum atomic E-state index is -0.431. The molecular formula is C12H12FNS. The maximum atomic E-state index is 12.7. The van der Waals surface area contributed by atoms with Gasteiger partial charge < -0.3 is 4.72 Å². The topological polar surface area (TPSA) is 12.0 Å². The molecule has 2 rings (SSSR count). The zero-order chi connectivity index (χ0) is 10.5. The normalized spacial score (nSPS) is 15.3. The van der Waals surface area contributed by atoms with Crippen molar-refractivity contribution in [2.24, 2.45) is 0 Å². The molecule has 0 atom stereocenters. The first-order chi connectivity index (χ1) is 7.40. The number of hydrogen-bond acceptors (Lipinski definition) is 2. The molecule has 0 aromatic heterocycles. The predicted octanol–water partition coefficient (Wildman–Crippen LogP) is 3.22. The van der Waals surface area contributed by atoms with Gasteiger partial charge in [-0.05, 0) is 41.0 Å². The predicted molar refractivity (Wildman–Crippen MR) is 63.0 cm³/mol. The summed E-state index contributed by atoms with van der Waals surface area (Å²) in [4.78, 5) is 0. The summed E-state index contributed by atoms with van der Waals surface area (Å²) < 4.78 is 15.6. The van der Waals surface area contributed by atoms with Crippen molar-refractivity contribution in [1.29, 1.82) is 0 Å². The van der Waals surface area contributed by atoms with Crippen LogP contribution in [0.5, 0.6) is 0 Å². The molecule has 0 aliphatic carbocycles. The largest absolute Gasteiger partial charge is 0.327 e. The molecule has 0 fully saturated rings. The Balaban J connectivity index is 2.17. The first kappa shape index (κ1) is 10.3. The number of nitrogens with one attached hydrogen (secondary N) is 1. The summed E-state index contributed by atoms with van der Waals surface area (Å²) in [5, 5.41) is 1.94. The maximum absolute atomic E-state index is 12.7. The number of alkyl halides is 1. The molecule has 1 aliphatic heterocycles. The van der Waals surface area contributed by atoms with Gasteiger partial charge >= 0.3 is 0 Å². The van der Waals surface area contributed by atoms with Crippen molar-refractivity contribution in [2.45, 2.75) is 6.42 Å². The third kappa shape index (κ3) is 2.63. The van der Waals surface area contributed by atoms with Crippen LogP contribution < -0.4 is 4.72 Å². The van der Waals surface area contributed by atoms with Crippen LogP contribution in [0.1, 0.15) is 5.56 Å². The summed E-state index contributed by atoms with van der Waals surface area (Å²) in [6, 6.07) is 10.1. The van der Waals surface area contributed by atoms with Gasteiger partial charge in [-0.1, -0.05) is 30.3 Å². The minimum absolute atomic E-state index is 0.431. The van der Waals surface area contributed by atoms with Crippen LogP contribution in [0.4, 0.5) is 4.39 Å². The summed E-state index contributed by atoms with van der Waals surface area (Å²) in [7, 11) is 0. The molecule has 0 saturated heterocycles. The zero-order valence-electron chi connectivity index (χ0n) is 8.24. The fraction of sp³-hybridized carbons (Fsp3) is 0.167. The lowest BCUT2D eigenvalue weighted by Crippen LogP contribution is -2.11. The molecule has 0 saturated carbocycles. The Bertz CT molecular complexity index is 384. The highest BCUT2D eigenvalue weighted by molar-refractivity contribution is 8.00. The zero-order valence-corrected chi connectivity index (χ0v) is 9.06. The van der Waals surface area contributed by atoms with E-state index in [-0.39, 0.29) is 0 Å². The number of allylic oxidation sites excluding steroid dienone is 3. The van der Waals surface area contributed by atoms with E-state index in [1.54, 1.807) is 0 Å². The summed E-state index contributed by atoms with van der Waals surface area (Å²) in [5.74, 6) is 0. The molecule has 78 valence electrons. The second-order valence-corrected chi connectivity index (χ2v) is 4.03. The van der Waals surface area contributed by atoms with Crippen LogP contribution in [0.3, 0.4) is 0 Å². The van der Waals surface area contributed by atoms with E-state index in [0.29, 0.717) is 5.70 Å². The summed E-state index contributed by atoms with van der Waals surface area (Å²) in [5.41, 5.74) is 2.92. The highest BCUT2D eigenvalue weighted by atomic mass is 32.2. The highest BCUT2D eigenvalue weighted by Crippen LogP contribution is 2.20. The van der Waals surface area contributed by atoms with Crippen LogP contribution in [0, 0.1) is 0 Å². The van der Waals surface area contributed by atoms with Crippen molar-refractivity contribution in [1.82, 2.24) is 4.72 Å². The second-order valence-electron chi connectivity index (χ2n) is 3.32. The lowest BCUT2D eigenvalue weighted by molar-refractivity contribution is 0.532. The average Bonchev–Trinajstić information content (AvgIpc) is 2.31. The molecule has 0 amide bonds. The molecule has 1 aromatic rings. The molecule has 1 N–H and O–H groups in total. The molecule has 1 aliphatic rings. The number of hydrogen-bond donors (Lipinski definition) is 1. The number of halogens is 1. The average molecular weight is 221 g/mol. The fourth-order valence-corrected chi connectivity index (χ4v) is 2.11. The standard InChI is InChI=1S/C12H12FNS/c13-9-12-11(6-7-15-14-12)8-10-4-2-1-3-5-10/h1-7,14H,8-9H2. The van der Waals surface area contributed by atoms with E-state index in [1.165, 1.54) is 17.5 Å². The number of rotatable bonds is 3. The van der Waals surface area contributed by atoms with Crippen LogP contribution in [0.15, 0.2) is 53.1 Å². The van der Waals surface area contributed by atoms with Gasteiger partial charge in [-0.2, -0.15) is 0 Å². The van der Waals surface area contributed by atoms with Gasteiger partial charge in [0.1, 0.15) is 6.67 Å². The highest BCUT2D eigenvalue weighted by Gasteiger charge is 2.08.